The summed E-state index contributed by atoms with van der Waals surface area (Å²) >= 11 is 0. The molecule has 16 heavy (non-hydrogen) atoms. The molecule has 0 amide bonds. The summed E-state index contributed by atoms with van der Waals surface area (Å²) in [6.07, 6.45) is 0. The first-order chi connectivity index (χ1) is 7.63. The molecule has 90 valence electrons. The molecule has 1 aromatic carbocycles. The van der Waals surface area contributed by atoms with Gasteiger partial charge in [-0.3, -0.25) is 0 Å². The van der Waals surface area contributed by atoms with Crippen LogP contribution in [0.4, 0.5) is 10.1 Å². The zero-order valence-electron chi connectivity index (χ0n) is 9.92. The summed E-state index contributed by atoms with van der Waals surface area (Å²) in [6.45, 7) is 4.80. The van der Waals surface area contributed by atoms with E-state index in [-0.39, 0.29) is 17.6 Å². The van der Waals surface area contributed by atoms with Crippen molar-refractivity contribution < 1.29 is 13.9 Å². The molecule has 0 aliphatic carbocycles. The lowest BCUT2D eigenvalue weighted by Gasteiger charge is -2.12. The quantitative estimate of drug-likeness (QED) is 0.758. The van der Waals surface area contributed by atoms with Crippen LogP contribution in [0.3, 0.4) is 0 Å². The van der Waals surface area contributed by atoms with E-state index >= 15 is 0 Å². The maximum absolute atomic E-state index is 13.5. The van der Waals surface area contributed by atoms with Gasteiger partial charge in [0.05, 0.1) is 6.61 Å². The zero-order valence-corrected chi connectivity index (χ0v) is 9.92. The van der Waals surface area contributed by atoms with Gasteiger partial charge in [0.2, 0.25) is 0 Å². The Balaban J connectivity index is 2.60. The highest BCUT2D eigenvalue weighted by molar-refractivity contribution is 5.47. The Hall–Kier alpha value is -1.29. The molecule has 0 bridgehead atoms. The third-order valence-electron chi connectivity index (χ3n) is 1.93. The first-order valence-corrected chi connectivity index (χ1v) is 5.31. The van der Waals surface area contributed by atoms with E-state index < -0.39 is 0 Å². The Morgan fingerprint density at radius 3 is 2.62 bits per heavy atom. The van der Waals surface area contributed by atoms with E-state index in [1.807, 2.05) is 13.8 Å². The molecule has 1 aromatic rings. The number of hydrogen-bond acceptors (Lipinski definition) is 3. The van der Waals surface area contributed by atoms with Crippen molar-refractivity contribution in [1.29, 1.82) is 0 Å². The van der Waals surface area contributed by atoms with Crippen molar-refractivity contribution in [2.75, 3.05) is 25.6 Å². The smallest absolute Gasteiger partial charge is 0.167 e. The zero-order chi connectivity index (χ0) is 12.0. The van der Waals surface area contributed by atoms with E-state index in [4.69, 9.17) is 9.47 Å². The summed E-state index contributed by atoms with van der Waals surface area (Å²) in [7, 11) is 1.58. The number of nitrogens with one attached hydrogen (secondary N) is 1. The minimum Gasteiger partial charge on any atom is -0.488 e. The average Bonchev–Trinajstić information content (AvgIpc) is 2.20. The summed E-state index contributed by atoms with van der Waals surface area (Å²) in [5, 5.41) is 3.12. The minimum absolute atomic E-state index is 0.256. The molecule has 3 nitrogen and oxygen atoms in total. The van der Waals surface area contributed by atoms with Crippen molar-refractivity contribution in [2.45, 2.75) is 19.9 Å². The van der Waals surface area contributed by atoms with Crippen molar-refractivity contribution in [3.8, 4) is 5.75 Å². The molecule has 0 unspecified atom stereocenters. The van der Waals surface area contributed by atoms with E-state index in [0.717, 1.165) is 5.69 Å². The van der Waals surface area contributed by atoms with Crippen LogP contribution >= 0.6 is 0 Å². The normalized spacial score (nSPS) is 10.6. The van der Waals surface area contributed by atoms with Gasteiger partial charge in [-0.1, -0.05) is 0 Å². The third kappa shape index (κ3) is 4.06. The lowest BCUT2D eigenvalue weighted by molar-refractivity contribution is 0.144. The van der Waals surface area contributed by atoms with Crippen LogP contribution in [-0.4, -0.2) is 26.4 Å². The molecular formula is C12H18FNO2. The Morgan fingerprint density at radius 2 is 2.06 bits per heavy atom. The van der Waals surface area contributed by atoms with Crippen molar-refractivity contribution in [1.82, 2.24) is 0 Å². The van der Waals surface area contributed by atoms with Crippen molar-refractivity contribution in [3.05, 3.63) is 24.0 Å². The van der Waals surface area contributed by atoms with Crippen LogP contribution in [0, 0.1) is 5.82 Å². The standard InChI is InChI=1S/C12H18FNO2/c1-9(2)14-10-4-5-12(11(13)8-10)16-7-6-15-3/h4-5,8-9,14H,6-7H2,1-3H3. The van der Waals surface area contributed by atoms with Crippen molar-refractivity contribution in [3.63, 3.8) is 0 Å². The summed E-state index contributed by atoms with van der Waals surface area (Å²) in [6, 6.07) is 5.13. The average molecular weight is 227 g/mol. The van der Waals surface area contributed by atoms with E-state index in [2.05, 4.69) is 5.32 Å². The monoisotopic (exact) mass is 227 g/mol. The number of rotatable bonds is 6. The fourth-order valence-electron chi connectivity index (χ4n) is 1.28. The molecule has 1 N–H and O–H groups in total. The molecule has 4 heteroatoms. The molecule has 0 saturated heterocycles. The van der Waals surface area contributed by atoms with Crippen LogP contribution in [0.2, 0.25) is 0 Å². The maximum atomic E-state index is 13.5. The minimum atomic E-state index is -0.359. The Bertz CT molecular complexity index is 329. The molecule has 1 rings (SSSR count). The van der Waals surface area contributed by atoms with Gasteiger partial charge in [-0.15, -0.1) is 0 Å². The highest BCUT2D eigenvalue weighted by Crippen LogP contribution is 2.21. The predicted molar refractivity (Wildman–Crippen MR) is 62.5 cm³/mol. The number of methoxy groups -OCH3 is 1. The molecule has 0 aromatic heterocycles. The first-order valence-electron chi connectivity index (χ1n) is 5.31. The Labute approximate surface area is 95.6 Å². The number of ether oxygens (including phenoxy) is 2. The number of halogens is 1. The fraction of sp³-hybridized carbons (Fsp3) is 0.500. The molecule has 0 heterocycles. The predicted octanol–water partition coefficient (Wildman–Crippen LogP) is 2.67. The lowest BCUT2D eigenvalue weighted by atomic mass is 10.2. The summed E-state index contributed by atoms with van der Waals surface area (Å²) in [4.78, 5) is 0. The molecule has 0 aliphatic heterocycles. The van der Waals surface area contributed by atoms with Crippen LogP contribution < -0.4 is 10.1 Å². The van der Waals surface area contributed by atoms with Crippen LogP contribution in [-0.2, 0) is 4.74 Å². The fourth-order valence-corrected chi connectivity index (χ4v) is 1.28. The van der Waals surface area contributed by atoms with Crippen LogP contribution in [0.25, 0.3) is 0 Å². The van der Waals surface area contributed by atoms with Gasteiger partial charge in [-0.25, -0.2) is 4.39 Å². The van der Waals surface area contributed by atoms with Crippen LogP contribution in [0.5, 0.6) is 5.75 Å². The van der Waals surface area contributed by atoms with Crippen LogP contribution in [0.15, 0.2) is 18.2 Å². The maximum Gasteiger partial charge on any atom is 0.167 e. The number of anilines is 1. The second-order valence-electron chi connectivity index (χ2n) is 3.79. The first kappa shape index (κ1) is 12.8. The summed E-state index contributed by atoms with van der Waals surface area (Å²) in [5.41, 5.74) is 0.756. The van der Waals surface area contributed by atoms with Crippen LogP contribution in [0.1, 0.15) is 13.8 Å². The third-order valence-corrected chi connectivity index (χ3v) is 1.93. The van der Waals surface area contributed by atoms with E-state index in [1.165, 1.54) is 6.07 Å². The van der Waals surface area contributed by atoms with Gasteiger partial charge in [0.25, 0.3) is 0 Å². The van der Waals surface area contributed by atoms with Gasteiger partial charge >= 0.3 is 0 Å². The van der Waals surface area contributed by atoms with Gasteiger partial charge in [0.15, 0.2) is 11.6 Å². The molecule has 0 aliphatic rings. The summed E-state index contributed by atoms with van der Waals surface area (Å²) < 4.78 is 23.6. The van der Waals surface area contributed by atoms with Crippen molar-refractivity contribution >= 4 is 5.69 Å². The van der Waals surface area contributed by atoms with Gasteiger partial charge in [-0.05, 0) is 26.0 Å². The van der Waals surface area contributed by atoms with Crippen molar-refractivity contribution in [2.24, 2.45) is 0 Å². The molecular weight excluding hydrogens is 209 g/mol. The van der Waals surface area contributed by atoms with E-state index in [0.29, 0.717) is 13.2 Å². The van der Waals surface area contributed by atoms with E-state index in [1.54, 1.807) is 19.2 Å². The highest BCUT2D eigenvalue weighted by atomic mass is 19.1. The number of hydrogen-bond donors (Lipinski definition) is 1. The van der Waals surface area contributed by atoms with Gasteiger partial charge in [0.1, 0.15) is 6.61 Å². The summed E-state index contributed by atoms with van der Waals surface area (Å²) in [5.74, 6) is -0.104. The second-order valence-corrected chi connectivity index (χ2v) is 3.79. The molecule has 0 radical (unpaired) electrons. The SMILES string of the molecule is COCCOc1ccc(NC(C)C)cc1F. The Kier molecular flexibility index (Phi) is 5.05. The molecule has 0 atom stereocenters. The second kappa shape index (κ2) is 6.33. The van der Waals surface area contributed by atoms with Gasteiger partial charge < -0.3 is 14.8 Å². The lowest BCUT2D eigenvalue weighted by Crippen LogP contribution is -2.10. The molecule has 0 fully saturated rings. The van der Waals surface area contributed by atoms with Gasteiger partial charge in [0, 0.05) is 24.9 Å². The van der Waals surface area contributed by atoms with Gasteiger partial charge in [-0.2, -0.15) is 0 Å². The Morgan fingerprint density at radius 1 is 1.31 bits per heavy atom. The van der Waals surface area contributed by atoms with E-state index in [9.17, 15) is 4.39 Å². The molecule has 0 saturated carbocycles. The molecule has 0 spiro atoms. The highest BCUT2D eigenvalue weighted by Gasteiger charge is 2.05. The number of benzene rings is 1. The largest absolute Gasteiger partial charge is 0.488 e. The topological polar surface area (TPSA) is 30.5 Å².